The summed E-state index contributed by atoms with van der Waals surface area (Å²) < 4.78 is 5.16. The van der Waals surface area contributed by atoms with Crippen molar-refractivity contribution in [1.29, 1.82) is 0 Å². The van der Waals surface area contributed by atoms with Crippen LogP contribution in [0.25, 0.3) is 12.2 Å². The Morgan fingerprint density at radius 2 is 2.31 bits per heavy atom. The van der Waals surface area contributed by atoms with Gasteiger partial charge in [0, 0.05) is 5.22 Å². The molecule has 0 fully saturated rings. The zero-order chi connectivity index (χ0) is 9.84. The maximum Gasteiger partial charge on any atom is 0.167 e. The molecular weight excluding hydrogens is 162 g/mol. The number of nitrogens with zero attached hydrogens (tertiary/aromatic N) is 1. The predicted molar refractivity (Wildman–Crippen MR) is 54.5 cm³/mol. The van der Waals surface area contributed by atoms with Gasteiger partial charge in [-0.2, -0.15) is 0 Å². The molecular formula is C11H15NO. The molecule has 0 N–H and O–H groups in total. The molecule has 1 heterocycles. The number of hydrogen-bond donors (Lipinski definition) is 0. The SMILES string of the molecule is C=C(/C=c1/onc(C)/c1=C/C)CC. The van der Waals surface area contributed by atoms with E-state index >= 15 is 0 Å². The standard InChI is InChI=1S/C11H15NO/c1-5-8(3)7-11-10(6-2)9(4)12-13-11/h6-7H,3,5H2,1-2,4H3/b10-6-,11-7+. The second-order valence-electron chi connectivity index (χ2n) is 2.99. The van der Waals surface area contributed by atoms with E-state index in [1.165, 1.54) is 0 Å². The van der Waals surface area contributed by atoms with Gasteiger partial charge in [-0.15, -0.1) is 0 Å². The minimum atomic E-state index is 0.812. The van der Waals surface area contributed by atoms with E-state index in [9.17, 15) is 0 Å². The van der Waals surface area contributed by atoms with E-state index < -0.39 is 0 Å². The van der Waals surface area contributed by atoms with Gasteiger partial charge in [0.05, 0.1) is 5.69 Å². The first-order valence-electron chi connectivity index (χ1n) is 4.47. The van der Waals surface area contributed by atoms with E-state index in [0.29, 0.717) is 0 Å². The van der Waals surface area contributed by atoms with Crippen LogP contribution < -0.4 is 10.6 Å². The lowest BCUT2D eigenvalue weighted by Crippen LogP contribution is -2.21. The van der Waals surface area contributed by atoms with Crippen LogP contribution in [0.15, 0.2) is 16.7 Å². The lowest BCUT2D eigenvalue weighted by Gasteiger charge is -1.87. The molecule has 2 heteroatoms. The monoisotopic (exact) mass is 177 g/mol. The Morgan fingerprint density at radius 3 is 2.85 bits per heavy atom. The number of hydrogen-bond acceptors (Lipinski definition) is 2. The summed E-state index contributed by atoms with van der Waals surface area (Å²) in [5.74, 6) is 0. The van der Waals surface area contributed by atoms with Crippen molar-refractivity contribution in [3.63, 3.8) is 0 Å². The maximum absolute atomic E-state index is 5.16. The van der Waals surface area contributed by atoms with Crippen LogP contribution in [0.1, 0.15) is 26.0 Å². The summed E-state index contributed by atoms with van der Waals surface area (Å²) in [5.41, 5.74) is 2.80. The fourth-order valence-electron chi connectivity index (χ4n) is 1.14. The van der Waals surface area contributed by atoms with Crippen molar-refractivity contribution in [2.75, 3.05) is 0 Å². The summed E-state index contributed by atoms with van der Waals surface area (Å²) in [6.07, 6.45) is 4.87. The lowest BCUT2D eigenvalue weighted by molar-refractivity contribution is 0.390. The van der Waals surface area contributed by atoms with Crippen molar-refractivity contribution >= 4 is 12.2 Å². The third kappa shape index (κ3) is 2.08. The van der Waals surface area contributed by atoms with Crippen LogP contribution in [0.5, 0.6) is 0 Å². The highest BCUT2D eigenvalue weighted by Gasteiger charge is 1.96. The van der Waals surface area contributed by atoms with Crippen molar-refractivity contribution in [2.24, 2.45) is 0 Å². The van der Waals surface area contributed by atoms with Crippen LogP contribution in [0.3, 0.4) is 0 Å². The Kier molecular flexibility index (Phi) is 3.07. The Hall–Kier alpha value is -1.31. The second-order valence-corrected chi connectivity index (χ2v) is 2.99. The summed E-state index contributed by atoms with van der Waals surface area (Å²) in [7, 11) is 0. The molecule has 0 aliphatic heterocycles. The van der Waals surface area contributed by atoms with Gasteiger partial charge in [0.25, 0.3) is 0 Å². The van der Waals surface area contributed by atoms with Crippen molar-refractivity contribution < 1.29 is 4.52 Å². The Morgan fingerprint density at radius 1 is 1.62 bits per heavy atom. The van der Waals surface area contributed by atoms with Gasteiger partial charge < -0.3 is 4.52 Å². The molecule has 0 saturated heterocycles. The molecule has 1 rings (SSSR count). The molecule has 1 aromatic rings. The molecule has 0 aliphatic carbocycles. The summed E-state index contributed by atoms with van der Waals surface area (Å²) in [5, 5.41) is 4.96. The number of aromatic nitrogens is 1. The van der Waals surface area contributed by atoms with Gasteiger partial charge in [-0.05, 0) is 26.3 Å². The molecule has 70 valence electrons. The molecule has 0 unspecified atom stereocenters. The van der Waals surface area contributed by atoms with Crippen molar-refractivity contribution in [2.45, 2.75) is 27.2 Å². The van der Waals surface area contributed by atoms with Gasteiger partial charge >= 0.3 is 0 Å². The maximum atomic E-state index is 5.16. The zero-order valence-corrected chi connectivity index (χ0v) is 8.42. The third-order valence-electron chi connectivity index (χ3n) is 2.01. The van der Waals surface area contributed by atoms with E-state index in [0.717, 1.165) is 28.3 Å². The van der Waals surface area contributed by atoms with Crippen LogP contribution in [-0.4, -0.2) is 5.16 Å². The van der Waals surface area contributed by atoms with E-state index in [1.807, 2.05) is 26.0 Å². The number of rotatable bonds is 2. The quantitative estimate of drug-likeness (QED) is 0.684. The van der Waals surface area contributed by atoms with E-state index in [1.54, 1.807) is 0 Å². The second kappa shape index (κ2) is 4.08. The first-order valence-corrected chi connectivity index (χ1v) is 4.47. The van der Waals surface area contributed by atoms with E-state index in [4.69, 9.17) is 4.52 Å². The molecule has 0 aliphatic rings. The van der Waals surface area contributed by atoms with Crippen molar-refractivity contribution in [3.05, 3.63) is 28.5 Å². The molecule has 1 aromatic heterocycles. The smallest absolute Gasteiger partial charge is 0.167 e. The van der Waals surface area contributed by atoms with E-state index in [2.05, 4.69) is 18.7 Å². The number of allylic oxidation sites excluding steroid dienone is 1. The average Bonchev–Trinajstić information content (AvgIpc) is 2.46. The Bertz CT molecular complexity index is 412. The molecule has 0 amide bonds. The number of aryl methyl sites for hydroxylation is 1. The molecule has 0 spiro atoms. The molecule has 0 saturated carbocycles. The molecule has 2 nitrogen and oxygen atoms in total. The van der Waals surface area contributed by atoms with Crippen LogP contribution in [-0.2, 0) is 0 Å². The van der Waals surface area contributed by atoms with Gasteiger partial charge in [-0.1, -0.05) is 30.3 Å². The highest BCUT2D eigenvalue weighted by Crippen LogP contribution is 1.95. The normalized spacial score (nSPS) is 13.8. The summed E-state index contributed by atoms with van der Waals surface area (Å²) in [6, 6.07) is 0. The third-order valence-corrected chi connectivity index (χ3v) is 2.01. The topological polar surface area (TPSA) is 26.0 Å². The van der Waals surface area contributed by atoms with Crippen molar-refractivity contribution in [3.8, 4) is 0 Å². The average molecular weight is 177 g/mol. The van der Waals surface area contributed by atoms with Crippen LogP contribution in [0.2, 0.25) is 0 Å². The van der Waals surface area contributed by atoms with Gasteiger partial charge in [-0.25, -0.2) is 0 Å². The Labute approximate surface area is 78.2 Å². The predicted octanol–water partition coefficient (Wildman–Crippen LogP) is 1.53. The fraction of sp³-hybridized carbons (Fsp3) is 0.364. The zero-order valence-electron chi connectivity index (χ0n) is 8.42. The van der Waals surface area contributed by atoms with Crippen molar-refractivity contribution in [1.82, 2.24) is 5.16 Å². The largest absolute Gasteiger partial charge is 0.356 e. The Balaban J connectivity index is 3.31. The van der Waals surface area contributed by atoms with Crippen LogP contribution in [0, 0.1) is 6.92 Å². The molecule has 0 bridgehead atoms. The highest BCUT2D eigenvalue weighted by molar-refractivity contribution is 5.43. The van der Waals surface area contributed by atoms with Crippen LogP contribution >= 0.6 is 0 Å². The fourth-order valence-corrected chi connectivity index (χ4v) is 1.14. The van der Waals surface area contributed by atoms with Crippen LogP contribution in [0.4, 0.5) is 0 Å². The minimum absolute atomic E-state index is 0.812. The summed E-state index contributed by atoms with van der Waals surface area (Å²) in [4.78, 5) is 0. The first-order chi connectivity index (χ1) is 6.19. The minimum Gasteiger partial charge on any atom is -0.356 e. The first kappa shape index (κ1) is 9.78. The van der Waals surface area contributed by atoms with Gasteiger partial charge in [0.15, 0.2) is 5.42 Å². The molecule has 0 aromatic carbocycles. The van der Waals surface area contributed by atoms with Gasteiger partial charge in [-0.3, -0.25) is 0 Å². The highest BCUT2D eigenvalue weighted by atomic mass is 16.5. The molecule has 0 radical (unpaired) electrons. The van der Waals surface area contributed by atoms with Gasteiger partial charge in [0.1, 0.15) is 0 Å². The lowest BCUT2D eigenvalue weighted by atomic mass is 10.2. The van der Waals surface area contributed by atoms with Gasteiger partial charge in [0.2, 0.25) is 0 Å². The van der Waals surface area contributed by atoms with E-state index in [-0.39, 0.29) is 0 Å². The summed E-state index contributed by atoms with van der Waals surface area (Å²) >= 11 is 0. The summed E-state index contributed by atoms with van der Waals surface area (Å²) in [6.45, 7) is 9.88. The molecule has 13 heavy (non-hydrogen) atoms. The molecule has 0 atom stereocenters.